The van der Waals surface area contributed by atoms with Crippen LogP contribution in [0.2, 0.25) is 0 Å². The van der Waals surface area contributed by atoms with Gasteiger partial charge in [0.15, 0.2) is 0 Å². The Balaban J connectivity index is 1.74. The van der Waals surface area contributed by atoms with Gasteiger partial charge in [0.1, 0.15) is 12.1 Å². The van der Waals surface area contributed by atoms with Gasteiger partial charge < -0.3 is 10.2 Å². The molecule has 1 N–H and O–H groups in total. The third-order valence-corrected chi connectivity index (χ3v) is 4.97. The smallest absolute Gasteiger partial charge is 0.246 e. The number of piperazine rings is 1. The Morgan fingerprint density at radius 2 is 1.52 bits per heavy atom. The van der Waals surface area contributed by atoms with Crippen molar-refractivity contribution in [3.05, 3.63) is 71.8 Å². The molecule has 2 amide bonds. The molecule has 4 nitrogen and oxygen atoms in total. The van der Waals surface area contributed by atoms with Crippen LogP contribution in [0.5, 0.6) is 0 Å². The Hall–Kier alpha value is -2.62. The maximum atomic E-state index is 13.1. The van der Waals surface area contributed by atoms with Crippen molar-refractivity contribution in [2.45, 2.75) is 45.2 Å². The fourth-order valence-corrected chi connectivity index (χ4v) is 3.66. The number of rotatable bonds is 7. The number of carbonyl (C=O) groups is 2. The lowest BCUT2D eigenvalue weighted by Gasteiger charge is -2.40. The Kier molecular flexibility index (Phi) is 6.28. The number of benzene rings is 2. The lowest BCUT2D eigenvalue weighted by atomic mass is 9.95. The van der Waals surface area contributed by atoms with Crippen molar-refractivity contribution in [3.63, 3.8) is 0 Å². The molecule has 2 unspecified atom stereocenters. The monoisotopic (exact) mass is 364 g/mol. The molecule has 0 aromatic heterocycles. The normalized spacial score (nSPS) is 20.0. The van der Waals surface area contributed by atoms with E-state index in [1.165, 1.54) is 5.56 Å². The van der Waals surface area contributed by atoms with E-state index in [1.54, 1.807) is 4.90 Å². The van der Waals surface area contributed by atoms with E-state index in [0.29, 0.717) is 25.3 Å². The van der Waals surface area contributed by atoms with E-state index in [9.17, 15) is 9.59 Å². The fourth-order valence-electron chi connectivity index (χ4n) is 3.66. The van der Waals surface area contributed by atoms with Gasteiger partial charge in [0.2, 0.25) is 11.8 Å². The molecule has 0 spiro atoms. The highest BCUT2D eigenvalue weighted by Crippen LogP contribution is 2.19. The molecule has 4 heteroatoms. The second-order valence-electron chi connectivity index (χ2n) is 7.68. The molecule has 1 heterocycles. The van der Waals surface area contributed by atoms with Crippen molar-refractivity contribution in [1.82, 2.24) is 10.2 Å². The minimum Gasteiger partial charge on any atom is -0.342 e. The van der Waals surface area contributed by atoms with Crippen LogP contribution in [0.15, 0.2) is 60.7 Å². The molecule has 0 saturated carbocycles. The Bertz CT molecular complexity index is 758. The molecule has 2 atom stereocenters. The molecule has 2 aromatic carbocycles. The number of nitrogens with one attached hydrogen (secondary N) is 1. The van der Waals surface area contributed by atoms with Crippen LogP contribution < -0.4 is 5.32 Å². The number of nitrogens with zero attached hydrogens (tertiary/aromatic N) is 1. The van der Waals surface area contributed by atoms with Crippen molar-refractivity contribution in [3.8, 4) is 0 Å². The van der Waals surface area contributed by atoms with E-state index >= 15 is 0 Å². The van der Waals surface area contributed by atoms with Gasteiger partial charge in [-0.1, -0.05) is 74.5 Å². The minimum atomic E-state index is -0.480. The quantitative estimate of drug-likeness (QED) is 0.820. The maximum absolute atomic E-state index is 13.1. The molecule has 3 rings (SSSR count). The predicted molar refractivity (Wildman–Crippen MR) is 107 cm³/mol. The largest absolute Gasteiger partial charge is 0.342 e. The summed E-state index contributed by atoms with van der Waals surface area (Å²) < 4.78 is 0. The van der Waals surface area contributed by atoms with Crippen molar-refractivity contribution in [2.75, 3.05) is 6.54 Å². The number of aryl methyl sites for hydroxylation is 1. The Morgan fingerprint density at radius 1 is 0.926 bits per heavy atom. The summed E-state index contributed by atoms with van der Waals surface area (Å²) in [5.41, 5.74) is 2.25. The van der Waals surface area contributed by atoms with Crippen LogP contribution in [0.3, 0.4) is 0 Å². The van der Waals surface area contributed by atoms with E-state index < -0.39 is 12.1 Å². The van der Waals surface area contributed by atoms with Crippen LogP contribution in [0, 0.1) is 5.92 Å². The molecule has 27 heavy (non-hydrogen) atoms. The van der Waals surface area contributed by atoms with Gasteiger partial charge in [0.05, 0.1) is 0 Å². The van der Waals surface area contributed by atoms with E-state index in [1.807, 2.05) is 48.5 Å². The lowest BCUT2D eigenvalue weighted by Crippen LogP contribution is -2.64. The second kappa shape index (κ2) is 8.85. The van der Waals surface area contributed by atoms with Crippen LogP contribution in [0.25, 0.3) is 0 Å². The third kappa shape index (κ3) is 4.97. The molecular weight excluding hydrogens is 336 g/mol. The van der Waals surface area contributed by atoms with Gasteiger partial charge in [0, 0.05) is 13.0 Å². The van der Waals surface area contributed by atoms with E-state index in [4.69, 9.17) is 0 Å². The van der Waals surface area contributed by atoms with E-state index in [0.717, 1.165) is 12.0 Å². The van der Waals surface area contributed by atoms with Gasteiger partial charge in [-0.25, -0.2) is 0 Å². The molecule has 1 aliphatic heterocycles. The van der Waals surface area contributed by atoms with Gasteiger partial charge in [-0.3, -0.25) is 9.59 Å². The zero-order valence-corrected chi connectivity index (χ0v) is 16.1. The molecule has 1 fully saturated rings. The van der Waals surface area contributed by atoms with Gasteiger partial charge in [0.25, 0.3) is 0 Å². The highest BCUT2D eigenvalue weighted by molar-refractivity contribution is 5.97. The summed E-state index contributed by atoms with van der Waals surface area (Å²) in [6, 6.07) is 19.1. The van der Waals surface area contributed by atoms with Crippen LogP contribution in [0.4, 0.5) is 0 Å². The van der Waals surface area contributed by atoms with E-state index in [2.05, 4.69) is 31.3 Å². The molecular formula is C23H28N2O2. The zero-order chi connectivity index (χ0) is 19.2. The second-order valence-corrected chi connectivity index (χ2v) is 7.68. The van der Waals surface area contributed by atoms with Crippen molar-refractivity contribution >= 4 is 11.8 Å². The highest BCUT2D eigenvalue weighted by atomic mass is 16.2. The molecule has 1 saturated heterocycles. The van der Waals surface area contributed by atoms with Gasteiger partial charge in [-0.05, 0) is 29.9 Å². The SMILES string of the molecule is CC(C)CN1C(=O)C(Cc2ccccc2)NC(=O)C1CCc1ccccc1. The number of amides is 2. The summed E-state index contributed by atoms with van der Waals surface area (Å²) in [5.74, 6) is 0.314. The number of hydrogen-bond acceptors (Lipinski definition) is 2. The highest BCUT2D eigenvalue weighted by Gasteiger charge is 2.40. The Morgan fingerprint density at radius 3 is 2.11 bits per heavy atom. The molecule has 0 radical (unpaired) electrons. The first kappa shape index (κ1) is 19.2. The first-order chi connectivity index (χ1) is 13.0. The average Bonchev–Trinajstić information content (AvgIpc) is 2.66. The van der Waals surface area contributed by atoms with Crippen LogP contribution >= 0.6 is 0 Å². The zero-order valence-electron chi connectivity index (χ0n) is 16.1. The standard InChI is InChI=1S/C23H28N2O2/c1-17(2)16-25-21(14-13-18-9-5-3-6-10-18)22(26)24-20(23(25)27)15-19-11-7-4-8-12-19/h3-12,17,20-21H,13-16H2,1-2H3,(H,24,26). The van der Waals surface area contributed by atoms with Gasteiger partial charge >= 0.3 is 0 Å². The Labute approximate surface area is 161 Å². The van der Waals surface area contributed by atoms with Gasteiger partial charge in [-0.2, -0.15) is 0 Å². The van der Waals surface area contributed by atoms with Crippen molar-refractivity contribution < 1.29 is 9.59 Å². The molecule has 0 aliphatic carbocycles. The summed E-state index contributed by atoms with van der Waals surface area (Å²) >= 11 is 0. The lowest BCUT2D eigenvalue weighted by molar-refractivity contribution is -0.150. The van der Waals surface area contributed by atoms with Crippen LogP contribution in [-0.4, -0.2) is 35.3 Å². The molecule has 142 valence electrons. The molecule has 2 aromatic rings. The summed E-state index contributed by atoms with van der Waals surface area (Å²) in [6.07, 6.45) is 1.96. The summed E-state index contributed by atoms with van der Waals surface area (Å²) in [4.78, 5) is 27.8. The van der Waals surface area contributed by atoms with Gasteiger partial charge in [-0.15, -0.1) is 0 Å². The maximum Gasteiger partial charge on any atom is 0.246 e. The van der Waals surface area contributed by atoms with Crippen LogP contribution in [-0.2, 0) is 22.4 Å². The summed E-state index contributed by atoms with van der Waals surface area (Å²) in [7, 11) is 0. The summed E-state index contributed by atoms with van der Waals surface area (Å²) in [5, 5.41) is 2.97. The first-order valence-electron chi connectivity index (χ1n) is 9.73. The first-order valence-corrected chi connectivity index (χ1v) is 9.73. The van der Waals surface area contributed by atoms with Crippen LogP contribution in [0.1, 0.15) is 31.4 Å². The van der Waals surface area contributed by atoms with Crippen molar-refractivity contribution in [1.29, 1.82) is 0 Å². The minimum absolute atomic E-state index is 0.0326. The summed E-state index contributed by atoms with van der Waals surface area (Å²) in [6.45, 7) is 4.78. The van der Waals surface area contributed by atoms with Crippen molar-refractivity contribution in [2.24, 2.45) is 5.92 Å². The molecule has 0 bridgehead atoms. The average molecular weight is 364 g/mol. The number of carbonyl (C=O) groups excluding carboxylic acids is 2. The third-order valence-electron chi connectivity index (χ3n) is 4.97. The predicted octanol–water partition coefficient (Wildman–Crippen LogP) is 3.21. The fraction of sp³-hybridized carbons (Fsp3) is 0.391. The molecule has 1 aliphatic rings. The number of hydrogen-bond donors (Lipinski definition) is 1. The topological polar surface area (TPSA) is 49.4 Å². The van der Waals surface area contributed by atoms with E-state index in [-0.39, 0.29) is 11.8 Å².